The van der Waals surface area contributed by atoms with Crippen LogP contribution in [0.2, 0.25) is 0 Å². The van der Waals surface area contributed by atoms with Gasteiger partial charge in [0.1, 0.15) is 0 Å². The van der Waals surface area contributed by atoms with E-state index in [1.54, 1.807) is 0 Å². The molecule has 80 valence electrons. The second-order valence-electron chi connectivity index (χ2n) is 4.21. The zero-order valence-electron chi connectivity index (χ0n) is 7.97. The van der Waals surface area contributed by atoms with E-state index in [-0.39, 0.29) is 0 Å². The minimum absolute atomic E-state index is 0.910. The number of halogens is 5. The van der Waals surface area contributed by atoms with Gasteiger partial charge in [0.2, 0.25) is 0 Å². The second-order valence-corrected chi connectivity index (χ2v) is 4.21. The molecule has 1 unspecified atom stereocenters. The molecular formula is C8H13F5. The Hall–Kier alpha value is -0.350. The molecule has 5 heteroatoms. The molecule has 0 saturated heterocycles. The van der Waals surface area contributed by atoms with Crippen LogP contribution in [0.5, 0.6) is 0 Å². The highest BCUT2D eigenvalue weighted by Crippen LogP contribution is 2.47. The van der Waals surface area contributed by atoms with Crippen molar-refractivity contribution in [3.8, 4) is 0 Å². The Bertz CT molecular complexity index is 174. The minimum atomic E-state index is -5.46. The number of rotatable bonds is 1. The summed E-state index contributed by atoms with van der Waals surface area (Å²) < 4.78 is 61.0. The van der Waals surface area contributed by atoms with Crippen molar-refractivity contribution in [2.45, 2.75) is 39.8 Å². The molecule has 0 aromatic heterocycles. The average molecular weight is 204 g/mol. The monoisotopic (exact) mass is 204 g/mol. The molecule has 0 saturated carbocycles. The third kappa shape index (κ3) is 2.54. The van der Waals surface area contributed by atoms with Gasteiger partial charge >= 0.3 is 12.1 Å². The second kappa shape index (κ2) is 3.10. The largest absolute Gasteiger partial charge is 0.453 e. The molecule has 1 atom stereocenters. The molecule has 13 heavy (non-hydrogen) atoms. The van der Waals surface area contributed by atoms with Crippen LogP contribution in [0.15, 0.2) is 0 Å². The van der Waals surface area contributed by atoms with Gasteiger partial charge in [-0.25, -0.2) is 0 Å². The zero-order chi connectivity index (χ0) is 11.1. The Balaban J connectivity index is 4.86. The summed E-state index contributed by atoms with van der Waals surface area (Å²) in [6.07, 6.45) is -5.46. The first-order chi connectivity index (χ1) is 5.40. The summed E-state index contributed by atoms with van der Waals surface area (Å²) in [5, 5.41) is 0. The molecule has 0 radical (unpaired) electrons. The number of hydrogen-bond donors (Lipinski definition) is 0. The van der Waals surface area contributed by atoms with Crippen molar-refractivity contribution in [3.63, 3.8) is 0 Å². The van der Waals surface area contributed by atoms with Crippen molar-refractivity contribution in [1.82, 2.24) is 0 Å². The van der Waals surface area contributed by atoms with Gasteiger partial charge in [-0.05, 0) is 5.41 Å². The van der Waals surface area contributed by atoms with Gasteiger partial charge in [-0.3, -0.25) is 0 Å². The summed E-state index contributed by atoms with van der Waals surface area (Å²) in [6, 6.07) is 0. The molecule has 0 aliphatic heterocycles. The molecule has 0 fully saturated rings. The summed E-state index contributed by atoms with van der Waals surface area (Å²) in [7, 11) is 0. The van der Waals surface area contributed by atoms with E-state index in [4.69, 9.17) is 0 Å². The Morgan fingerprint density at radius 3 is 1.23 bits per heavy atom. The lowest BCUT2D eigenvalue weighted by Crippen LogP contribution is -2.47. The van der Waals surface area contributed by atoms with Crippen LogP contribution in [-0.2, 0) is 0 Å². The fraction of sp³-hybridized carbons (Fsp3) is 1.00. The van der Waals surface area contributed by atoms with Gasteiger partial charge in [0, 0.05) is 5.92 Å². The lowest BCUT2D eigenvalue weighted by molar-refractivity contribution is -0.310. The highest BCUT2D eigenvalue weighted by Gasteiger charge is 2.62. The fourth-order valence-electron chi connectivity index (χ4n) is 0.789. The summed E-state index contributed by atoms with van der Waals surface area (Å²) in [4.78, 5) is 0. The highest BCUT2D eigenvalue weighted by atomic mass is 19.4. The first-order valence-corrected chi connectivity index (χ1v) is 3.85. The molecule has 0 bridgehead atoms. The standard InChI is InChI=1S/C8H13F5/c1-5(6(2,3)4)7(9,10)8(11,12)13/h5H,1-4H3. The van der Waals surface area contributed by atoms with Crippen molar-refractivity contribution >= 4 is 0 Å². The molecule has 0 aliphatic rings. The van der Waals surface area contributed by atoms with Gasteiger partial charge in [0.25, 0.3) is 0 Å². The summed E-state index contributed by atoms with van der Waals surface area (Å²) >= 11 is 0. The van der Waals surface area contributed by atoms with Gasteiger partial charge < -0.3 is 0 Å². The normalized spacial score (nSPS) is 17.3. The maximum atomic E-state index is 12.7. The van der Waals surface area contributed by atoms with E-state index < -0.39 is 23.4 Å². The van der Waals surface area contributed by atoms with Gasteiger partial charge in [0.15, 0.2) is 0 Å². The van der Waals surface area contributed by atoms with E-state index in [2.05, 4.69) is 0 Å². The Kier molecular flexibility index (Phi) is 3.02. The lowest BCUT2D eigenvalue weighted by atomic mass is 9.78. The van der Waals surface area contributed by atoms with Crippen LogP contribution >= 0.6 is 0 Å². The minimum Gasteiger partial charge on any atom is -0.196 e. The average Bonchev–Trinajstić information content (AvgIpc) is 1.81. The molecule has 0 rings (SSSR count). The van der Waals surface area contributed by atoms with Crippen molar-refractivity contribution in [2.75, 3.05) is 0 Å². The van der Waals surface area contributed by atoms with E-state index in [1.807, 2.05) is 0 Å². The molecule has 0 aromatic carbocycles. The fourth-order valence-corrected chi connectivity index (χ4v) is 0.789. The molecular weight excluding hydrogens is 191 g/mol. The lowest BCUT2D eigenvalue weighted by Gasteiger charge is -2.34. The summed E-state index contributed by atoms with van der Waals surface area (Å²) in [5.41, 5.74) is -1.07. The van der Waals surface area contributed by atoms with Crippen LogP contribution in [0.25, 0.3) is 0 Å². The third-order valence-corrected chi connectivity index (χ3v) is 2.22. The quantitative estimate of drug-likeness (QED) is 0.569. The van der Waals surface area contributed by atoms with Crippen LogP contribution < -0.4 is 0 Å². The first-order valence-electron chi connectivity index (χ1n) is 3.85. The summed E-state index contributed by atoms with van der Waals surface area (Å²) in [6.45, 7) is 4.99. The maximum absolute atomic E-state index is 12.7. The maximum Gasteiger partial charge on any atom is 0.453 e. The van der Waals surface area contributed by atoms with Gasteiger partial charge in [-0.15, -0.1) is 0 Å². The Morgan fingerprint density at radius 1 is 0.846 bits per heavy atom. The first kappa shape index (κ1) is 12.7. The van der Waals surface area contributed by atoms with Crippen molar-refractivity contribution in [1.29, 1.82) is 0 Å². The predicted octanol–water partition coefficient (Wildman–Crippen LogP) is 3.87. The third-order valence-electron chi connectivity index (χ3n) is 2.22. The van der Waals surface area contributed by atoms with Gasteiger partial charge in [-0.2, -0.15) is 22.0 Å². The zero-order valence-corrected chi connectivity index (χ0v) is 7.97. The number of alkyl halides is 5. The summed E-state index contributed by atoms with van der Waals surface area (Å²) in [5.74, 6) is -6.36. The van der Waals surface area contributed by atoms with Crippen LogP contribution in [0, 0.1) is 11.3 Å². The molecule has 0 nitrogen and oxygen atoms in total. The van der Waals surface area contributed by atoms with Crippen LogP contribution in [0.1, 0.15) is 27.7 Å². The van der Waals surface area contributed by atoms with Crippen LogP contribution in [0.3, 0.4) is 0 Å². The molecule has 0 spiro atoms. The van der Waals surface area contributed by atoms with E-state index in [9.17, 15) is 22.0 Å². The van der Waals surface area contributed by atoms with E-state index in [0.29, 0.717) is 0 Å². The Morgan fingerprint density at radius 2 is 1.15 bits per heavy atom. The molecule has 0 heterocycles. The number of hydrogen-bond acceptors (Lipinski definition) is 0. The molecule has 0 aliphatic carbocycles. The molecule has 0 N–H and O–H groups in total. The topological polar surface area (TPSA) is 0 Å². The van der Waals surface area contributed by atoms with Crippen molar-refractivity contribution in [2.24, 2.45) is 11.3 Å². The van der Waals surface area contributed by atoms with E-state index in [0.717, 1.165) is 6.92 Å². The molecule has 0 amide bonds. The SMILES string of the molecule is CC(C(C)(C)C)C(F)(F)C(F)(F)F. The van der Waals surface area contributed by atoms with Gasteiger partial charge in [0.05, 0.1) is 0 Å². The smallest absolute Gasteiger partial charge is 0.196 e. The van der Waals surface area contributed by atoms with Gasteiger partial charge in [-0.1, -0.05) is 27.7 Å². The molecule has 0 aromatic rings. The van der Waals surface area contributed by atoms with Crippen molar-refractivity contribution < 1.29 is 22.0 Å². The van der Waals surface area contributed by atoms with E-state index in [1.165, 1.54) is 20.8 Å². The predicted molar refractivity (Wildman–Crippen MR) is 39.6 cm³/mol. The van der Waals surface area contributed by atoms with E-state index >= 15 is 0 Å². The van der Waals surface area contributed by atoms with Crippen molar-refractivity contribution in [3.05, 3.63) is 0 Å². The van der Waals surface area contributed by atoms with Crippen LogP contribution in [0.4, 0.5) is 22.0 Å². The van der Waals surface area contributed by atoms with Crippen LogP contribution in [-0.4, -0.2) is 12.1 Å². The Labute approximate surface area is 74.1 Å². The highest BCUT2D eigenvalue weighted by molar-refractivity contribution is 4.88.